The first kappa shape index (κ1) is 9.92. The quantitative estimate of drug-likeness (QED) is 0.681. The van der Waals surface area contributed by atoms with Crippen molar-refractivity contribution in [1.29, 1.82) is 5.26 Å². The molecule has 2 rings (SSSR count). The largest absolute Gasteiger partial charge is 0.256 e. The van der Waals surface area contributed by atoms with Crippen LogP contribution in [0.4, 0.5) is 5.69 Å². The second kappa shape index (κ2) is 4.27. The summed E-state index contributed by atoms with van der Waals surface area (Å²) in [6, 6.07) is 10.4. The fraction of sp³-hybridized carbons (Fsp3) is 0.385. The lowest BCUT2D eigenvalue weighted by Gasteiger charge is -2.01. The number of nitrogens with zero attached hydrogens (tertiary/aromatic N) is 2. The molecule has 1 aromatic carbocycles. The third kappa shape index (κ3) is 2.24. The standard InChI is InChI=1S/C13H14N2/c1-10-4-2-6-12(8-10)15-13-7-3-5-11(13)9-14/h2,4,6,8,11H,3,5,7H2,1H3/b15-13+. The minimum Gasteiger partial charge on any atom is -0.256 e. The van der Waals surface area contributed by atoms with Crippen molar-refractivity contribution in [2.45, 2.75) is 26.2 Å². The van der Waals surface area contributed by atoms with Crippen LogP contribution in [-0.4, -0.2) is 5.71 Å². The van der Waals surface area contributed by atoms with Gasteiger partial charge in [0.25, 0.3) is 0 Å². The summed E-state index contributed by atoms with van der Waals surface area (Å²) in [7, 11) is 0. The van der Waals surface area contributed by atoms with E-state index >= 15 is 0 Å². The summed E-state index contributed by atoms with van der Waals surface area (Å²) >= 11 is 0. The summed E-state index contributed by atoms with van der Waals surface area (Å²) in [5.74, 6) is 0.0468. The average molecular weight is 198 g/mol. The van der Waals surface area contributed by atoms with Crippen LogP contribution in [0.3, 0.4) is 0 Å². The Kier molecular flexibility index (Phi) is 2.82. The molecule has 0 aromatic heterocycles. The van der Waals surface area contributed by atoms with Crippen LogP contribution in [0.2, 0.25) is 0 Å². The Morgan fingerprint density at radius 1 is 1.47 bits per heavy atom. The molecule has 1 fully saturated rings. The zero-order valence-corrected chi connectivity index (χ0v) is 8.90. The van der Waals surface area contributed by atoms with Gasteiger partial charge < -0.3 is 0 Å². The summed E-state index contributed by atoms with van der Waals surface area (Å²) in [6.45, 7) is 2.06. The zero-order valence-electron chi connectivity index (χ0n) is 8.90. The molecular formula is C13H14N2. The maximum atomic E-state index is 8.94. The molecule has 1 aliphatic carbocycles. The van der Waals surface area contributed by atoms with Crippen molar-refractivity contribution in [3.8, 4) is 6.07 Å². The van der Waals surface area contributed by atoms with Gasteiger partial charge in [-0.3, -0.25) is 4.99 Å². The summed E-state index contributed by atoms with van der Waals surface area (Å²) < 4.78 is 0. The molecule has 1 saturated carbocycles. The maximum absolute atomic E-state index is 8.94. The van der Waals surface area contributed by atoms with Crippen LogP contribution in [0.1, 0.15) is 24.8 Å². The molecule has 76 valence electrons. The topological polar surface area (TPSA) is 36.1 Å². The van der Waals surface area contributed by atoms with E-state index in [1.165, 1.54) is 5.56 Å². The highest BCUT2D eigenvalue weighted by Gasteiger charge is 2.21. The second-order valence-electron chi connectivity index (χ2n) is 4.02. The number of aryl methyl sites for hydroxylation is 1. The smallest absolute Gasteiger partial charge is 0.0846 e. The van der Waals surface area contributed by atoms with Crippen LogP contribution >= 0.6 is 0 Å². The Balaban J connectivity index is 2.26. The molecule has 0 radical (unpaired) electrons. The third-order valence-corrected chi connectivity index (χ3v) is 2.76. The highest BCUT2D eigenvalue weighted by atomic mass is 14.8. The SMILES string of the molecule is Cc1cccc(/N=C2\CCCC2C#N)c1. The Hall–Kier alpha value is -1.62. The van der Waals surface area contributed by atoms with Gasteiger partial charge in [0.15, 0.2) is 0 Å². The van der Waals surface area contributed by atoms with Crippen molar-refractivity contribution in [3.63, 3.8) is 0 Å². The molecule has 0 amide bonds. The van der Waals surface area contributed by atoms with E-state index < -0.39 is 0 Å². The number of nitriles is 1. The Morgan fingerprint density at radius 3 is 3.07 bits per heavy atom. The van der Waals surface area contributed by atoms with Crippen molar-refractivity contribution < 1.29 is 0 Å². The fourth-order valence-electron chi connectivity index (χ4n) is 1.96. The van der Waals surface area contributed by atoms with Gasteiger partial charge in [-0.2, -0.15) is 5.26 Å². The minimum absolute atomic E-state index is 0.0468. The summed E-state index contributed by atoms with van der Waals surface area (Å²) in [5.41, 5.74) is 3.25. The van der Waals surface area contributed by atoms with Crippen LogP contribution < -0.4 is 0 Å². The van der Waals surface area contributed by atoms with Gasteiger partial charge in [-0.05, 0) is 43.9 Å². The first-order valence-electron chi connectivity index (χ1n) is 5.33. The fourth-order valence-corrected chi connectivity index (χ4v) is 1.96. The second-order valence-corrected chi connectivity index (χ2v) is 4.02. The average Bonchev–Trinajstić information content (AvgIpc) is 2.65. The predicted molar refractivity (Wildman–Crippen MR) is 61.2 cm³/mol. The number of rotatable bonds is 1. The molecule has 0 saturated heterocycles. The molecule has 1 unspecified atom stereocenters. The van der Waals surface area contributed by atoms with E-state index in [0.29, 0.717) is 0 Å². The molecule has 0 spiro atoms. The molecule has 0 N–H and O–H groups in total. The number of benzene rings is 1. The third-order valence-electron chi connectivity index (χ3n) is 2.76. The van der Waals surface area contributed by atoms with Crippen molar-refractivity contribution >= 4 is 11.4 Å². The molecule has 1 aliphatic rings. The van der Waals surface area contributed by atoms with Crippen LogP contribution in [0.15, 0.2) is 29.3 Å². The minimum atomic E-state index is 0.0468. The van der Waals surface area contributed by atoms with E-state index in [9.17, 15) is 0 Å². The molecule has 0 bridgehead atoms. The molecule has 0 aliphatic heterocycles. The lowest BCUT2D eigenvalue weighted by Crippen LogP contribution is -2.02. The summed E-state index contributed by atoms with van der Waals surface area (Å²) in [6.07, 6.45) is 3.05. The molecule has 1 atom stereocenters. The number of hydrogen-bond acceptors (Lipinski definition) is 2. The van der Waals surface area contributed by atoms with Gasteiger partial charge in [-0.25, -0.2) is 0 Å². The van der Waals surface area contributed by atoms with E-state index in [1.54, 1.807) is 0 Å². The molecular weight excluding hydrogens is 184 g/mol. The summed E-state index contributed by atoms with van der Waals surface area (Å²) in [4.78, 5) is 4.57. The molecule has 2 nitrogen and oxygen atoms in total. The van der Waals surface area contributed by atoms with Crippen LogP contribution in [0, 0.1) is 24.2 Å². The highest BCUT2D eigenvalue weighted by molar-refractivity contribution is 5.92. The van der Waals surface area contributed by atoms with Crippen LogP contribution in [0.25, 0.3) is 0 Å². The van der Waals surface area contributed by atoms with Gasteiger partial charge in [-0.15, -0.1) is 0 Å². The molecule has 15 heavy (non-hydrogen) atoms. The normalized spacial score (nSPS) is 22.9. The van der Waals surface area contributed by atoms with E-state index in [1.807, 2.05) is 12.1 Å². The molecule has 2 heteroatoms. The number of hydrogen-bond donors (Lipinski definition) is 0. The van der Waals surface area contributed by atoms with E-state index in [0.717, 1.165) is 30.7 Å². The van der Waals surface area contributed by atoms with E-state index in [4.69, 9.17) is 5.26 Å². The Morgan fingerprint density at radius 2 is 2.33 bits per heavy atom. The van der Waals surface area contributed by atoms with Crippen LogP contribution in [0.5, 0.6) is 0 Å². The predicted octanol–water partition coefficient (Wildman–Crippen LogP) is 3.39. The van der Waals surface area contributed by atoms with Crippen molar-refractivity contribution in [1.82, 2.24) is 0 Å². The van der Waals surface area contributed by atoms with E-state index in [-0.39, 0.29) is 5.92 Å². The lowest BCUT2D eigenvalue weighted by atomic mass is 10.1. The zero-order chi connectivity index (χ0) is 10.7. The van der Waals surface area contributed by atoms with Crippen molar-refractivity contribution in [2.75, 3.05) is 0 Å². The Labute approximate surface area is 90.3 Å². The number of aliphatic imine (C=N–C) groups is 1. The molecule has 1 aromatic rings. The van der Waals surface area contributed by atoms with Gasteiger partial charge in [0.1, 0.15) is 0 Å². The van der Waals surface area contributed by atoms with Crippen molar-refractivity contribution in [3.05, 3.63) is 29.8 Å². The van der Waals surface area contributed by atoms with Gasteiger partial charge in [0.2, 0.25) is 0 Å². The monoisotopic (exact) mass is 198 g/mol. The van der Waals surface area contributed by atoms with Gasteiger partial charge in [0.05, 0.1) is 17.7 Å². The molecule has 0 heterocycles. The van der Waals surface area contributed by atoms with Gasteiger partial charge >= 0.3 is 0 Å². The van der Waals surface area contributed by atoms with Crippen molar-refractivity contribution in [2.24, 2.45) is 10.9 Å². The van der Waals surface area contributed by atoms with Gasteiger partial charge in [0, 0.05) is 5.71 Å². The lowest BCUT2D eigenvalue weighted by molar-refractivity contribution is 0.795. The van der Waals surface area contributed by atoms with Crippen LogP contribution in [-0.2, 0) is 0 Å². The first-order valence-corrected chi connectivity index (χ1v) is 5.33. The Bertz CT molecular complexity index is 426. The van der Waals surface area contributed by atoms with E-state index in [2.05, 4.69) is 30.1 Å². The summed E-state index contributed by atoms with van der Waals surface area (Å²) in [5, 5.41) is 8.94. The van der Waals surface area contributed by atoms with Gasteiger partial charge in [-0.1, -0.05) is 12.1 Å². The maximum Gasteiger partial charge on any atom is 0.0846 e. The first-order chi connectivity index (χ1) is 7.29. The highest BCUT2D eigenvalue weighted by Crippen LogP contribution is 2.25.